The Labute approximate surface area is 210 Å². The van der Waals surface area contributed by atoms with Gasteiger partial charge in [-0.05, 0) is 55.7 Å². The zero-order chi connectivity index (χ0) is 24.6. The zero-order valence-electron chi connectivity index (χ0n) is 20.6. The minimum absolute atomic E-state index is 0.0750. The number of hydrogen-bond donors (Lipinski definition) is 0. The maximum atomic E-state index is 5.50. The SMILES string of the molecule is Cc1ccc(-c2cn(C(c3ccccc3)c3ccccn3)c3cc(-c4c(C)noc4C)ccc23)cc1. The Morgan fingerprint density at radius 1 is 0.778 bits per heavy atom. The molecule has 3 heterocycles. The molecule has 0 aliphatic heterocycles. The number of hydrogen-bond acceptors (Lipinski definition) is 3. The molecule has 1 unspecified atom stereocenters. The van der Waals surface area contributed by atoms with Crippen molar-refractivity contribution >= 4 is 10.9 Å². The number of nitrogens with zero attached hydrogens (tertiary/aromatic N) is 3. The number of benzene rings is 3. The van der Waals surface area contributed by atoms with Crippen molar-refractivity contribution in [3.05, 3.63) is 132 Å². The molecule has 6 rings (SSSR count). The first-order valence-electron chi connectivity index (χ1n) is 12.2. The molecule has 0 aliphatic rings. The average molecular weight is 470 g/mol. The summed E-state index contributed by atoms with van der Waals surface area (Å²) in [6, 6.07) is 32.0. The Hall–Kier alpha value is -4.44. The molecule has 0 aliphatic carbocycles. The second kappa shape index (κ2) is 8.97. The van der Waals surface area contributed by atoms with E-state index >= 15 is 0 Å². The number of aromatic nitrogens is 3. The topological polar surface area (TPSA) is 43.9 Å². The average Bonchev–Trinajstić information content (AvgIpc) is 3.45. The molecule has 3 aromatic heterocycles. The number of rotatable bonds is 5. The van der Waals surface area contributed by atoms with Gasteiger partial charge < -0.3 is 9.09 Å². The van der Waals surface area contributed by atoms with Crippen molar-refractivity contribution in [3.8, 4) is 22.3 Å². The van der Waals surface area contributed by atoms with Gasteiger partial charge in [-0.2, -0.15) is 0 Å². The zero-order valence-corrected chi connectivity index (χ0v) is 20.6. The van der Waals surface area contributed by atoms with E-state index in [0.717, 1.165) is 33.8 Å². The maximum Gasteiger partial charge on any atom is 0.141 e. The number of pyridine rings is 1. The standard InChI is InChI=1S/C32H27N3O/c1-21-12-14-24(15-13-21)28-20-35(32(25-9-5-4-6-10-25)29-11-7-8-18-33-29)30-19-26(16-17-27(28)30)31-22(2)34-36-23(31)3/h4-20,32H,1-3H3. The van der Waals surface area contributed by atoms with Crippen LogP contribution in [0, 0.1) is 20.8 Å². The molecule has 0 radical (unpaired) electrons. The van der Waals surface area contributed by atoms with E-state index in [1.807, 2.05) is 26.1 Å². The largest absolute Gasteiger partial charge is 0.361 e. The van der Waals surface area contributed by atoms with Gasteiger partial charge in [0.25, 0.3) is 0 Å². The van der Waals surface area contributed by atoms with Crippen molar-refractivity contribution in [2.45, 2.75) is 26.8 Å². The molecule has 176 valence electrons. The fourth-order valence-corrected chi connectivity index (χ4v) is 5.13. The molecular weight excluding hydrogens is 442 g/mol. The van der Waals surface area contributed by atoms with Gasteiger partial charge >= 0.3 is 0 Å². The minimum Gasteiger partial charge on any atom is -0.361 e. The molecule has 6 aromatic rings. The highest BCUT2D eigenvalue weighted by atomic mass is 16.5. The first-order valence-corrected chi connectivity index (χ1v) is 12.2. The van der Waals surface area contributed by atoms with Gasteiger partial charge in [-0.25, -0.2) is 0 Å². The first kappa shape index (κ1) is 22.1. The fourth-order valence-electron chi connectivity index (χ4n) is 5.13. The normalized spacial score (nSPS) is 12.2. The van der Waals surface area contributed by atoms with E-state index in [-0.39, 0.29) is 6.04 Å². The molecule has 4 nitrogen and oxygen atoms in total. The monoisotopic (exact) mass is 469 g/mol. The Kier molecular flexibility index (Phi) is 5.49. The van der Waals surface area contributed by atoms with E-state index < -0.39 is 0 Å². The van der Waals surface area contributed by atoms with Crippen LogP contribution in [0.1, 0.15) is 34.3 Å². The van der Waals surface area contributed by atoms with Crippen LogP contribution >= 0.6 is 0 Å². The van der Waals surface area contributed by atoms with E-state index in [1.54, 1.807) is 0 Å². The van der Waals surface area contributed by atoms with Gasteiger partial charge in [-0.3, -0.25) is 4.98 Å². The van der Waals surface area contributed by atoms with Gasteiger partial charge in [0.2, 0.25) is 0 Å². The first-order chi connectivity index (χ1) is 17.6. The van der Waals surface area contributed by atoms with Gasteiger partial charge in [0.05, 0.1) is 16.9 Å². The maximum absolute atomic E-state index is 5.50. The van der Waals surface area contributed by atoms with E-state index in [1.165, 1.54) is 27.6 Å². The highest BCUT2D eigenvalue weighted by molar-refractivity contribution is 5.98. The highest BCUT2D eigenvalue weighted by Crippen LogP contribution is 2.39. The summed E-state index contributed by atoms with van der Waals surface area (Å²) in [6.45, 7) is 6.08. The second-order valence-corrected chi connectivity index (χ2v) is 9.31. The van der Waals surface area contributed by atoms with E-state index in [2.05, 4.69) is 108 Å². The van der Waals surface area contributed by atoms with Crippen LogP contribution in [0.15, 0.2) is 108 Å². The molecule has 0 amide bonds. The molecule has 36 heavy (non-hydrogen) atoms. The van der Waals surface area contributed by atoms with Crippen molar-refractivity contribution < 1.29 is 4.52 Å². The molecule has 0 bridgehead atoms. The Bertz CT molecular complexity index is 1590. The summed E-state index contributed by atoms with van der Waals surface area (Å²) in [4.78, 5) is 4.79. The second-order valence-electron chi connectivity index (χ2n) is 9.31. The predicted molar refractivity (Wildman–Crippen MR) is 145 cm³/mol. The third kappa shape index (κ3) is 3.81. The number of fused-ring (bicyclic) bond motifs is 1. The lowest BCUT2D eigenvalue weighted by Gasteiger charge is -2.21. The van der Waals surface area contributed by atoms with Crippen molar-refractivity contribution in [3.63, 3.8) is 0 Å². The quantitative estimate of drug-likeness (QED) is 0.258. The summed E-state index contributed by atoms with van der Waals surface area (Å²) in [6.07, 6.45) is 4.14. The van der Waals surface area contributed by atoms with Crippen LogP contribution < -0.4 is 0 Å². The smallest absolute Gasteiger partial charge is 0.141 e. The molecule has 0 spiro atoms. The van der Waals surface area contributed by atoms with Gasteiger partial charge in [0.15, 0.2) is 0 Å². The Balaban J connectivity index is 1.66. The molecular formula is C32H27N3O. The summed E-state index contributed by atoms with van der Waals surface area (Å²) in [5.74, 6) is 0.827. The molecule has 0 saturated heterocycles. The van der Waals surface area contributed by atoms with E-state index in [0.29, 0.717) is 0 Å². The van der Waals surface area contributed by atoms with Crippen molar-refractivity contribution in [1.29, 1.82) is 0 Å². The van der Waals surface area contributed by atoms with Crippen LogP contribution in [0.5, 0.6) is 0 Å². The predicted octanol–water partition coefficient (Wildman–Crippen LogP) is 7.92. The number of aryl methyl sites for hydroxylation is 3. The third-order valence-corrected chi connectivity index (χ3v) is 6.88. The summed E-state index contributed by atoms with van der Waals surface area (Å²) in [5, 5.41) is 5.39. The lowest BCUT2D eigenvalue weighted by Crippen LogP contribution is -2.12. The van der Waals surface area contributed by atoms with E-state index in [9.17, 15) is 0 Å². The molecule has 0 saturated carbocycles. The Morgan fingerprint density at radius 3 is 2.22 bits per heavy atom. The van der Waals surface area contributed by atoms with Gasteiger partial charge in [0.1, 0.15) is 11.8 Å². The summed E-state index contributed by atoms with van der Waals surface area (Å²) in [7, 11) is 0. The van der Waals surface area contributed by atoms with E-state index in [4.69, 9.17) is 9.51 Å². The van der Waals surface area contributed by atoms with Crippen LogP contribution in [0.2, 0.25) is 0 Å². The highest BCUT2D eigenvalue weighted by Gasteiger charge is 2.23. The lowest BCUT2D eigenvalue weighted by molar-refractivity contribution is 0.393. The molecule has 4 heteroatoms. The van der Waals surface area contributed by atoms with Crippen molar-refractivity contribution in [2.24, 2.45) is 0 Å². The van der Waals surface area contributed by atoms with Gasteiger partial charge in [-0.15, -0.1) is 0 Å². The summed E-state index contributed by atoms with van der Waals surface area (Å²) in [5.41, 5.74) is 10.0. The summed E-state index contributed by atoms with van der Waals surface area (Å²) < 4.78 is 7.86. The third-order valence-electron chi connectivity index (χ3n) is 6.88. The van der Waals surface area contributed by atoms with Gasteiger partial charge in [-0.1, -0.05) is 83.5 Å². The minimum atomic E-state index is -0.0750. The Morgan fingerprint density at radius 2 is 1.53 bits per heavy atom. The summed E-state index contributed by atoms with van der Waals surface area (Å²) >= 11 is 0. The van der Waals surface area contributed by atoms with Gasteiger partial charge in [0, 0.05) is 28.9 Å². The molecule has 3 aromatic carbocycles. The molecule has 0 fully saturated rings. The lowest BCUT2D eigenvalue weighted by atomic mass is 9.99. The van der Waals surface area contributed by atoms with Crippen molar-refractivity contribution in [2.75, 3.05) is 0 Å². The van der Waals surface area contributed by atoms with Crippen LogP contribution in [-0.4, -0.2) is 14.7 Å². The van der Waals surface area contributed by atoms with Crippen LogP contribution in [0.3, 0.4) is 0 Å². The molecule has 0 N–H and O–H groups in total. The van der Waals surface area contributed by atoms with Crippen LogP contribution in [0.4, 0.5) is 0 Å². The molecule has 1 atom stereocenters. The van der Waals surface area contributed by atoms with Crippen LogP contribution in [-0.2, 0) is 0 Å². The van der Waals surface area contributed by atoms with Crippen LogP contribution in [0.25, 0.3) is 33.2 Å². The fraction of sp³-hybridized carbons (Fsp3) is 0.125. The van der Waals surface area contributed by atoms with Crippen molar-refractivity contribution in [1.82, 2.24) is 14.7 Å².